The van der Waals surface area contributed by atoms with E-state index in [-0.39, 0.29) is 11.7 Å². The molecule has 72 valence electrons. The lowest BCUT2D eigenvalue weighted by Gasteiger charge is -2.14. The van der Waals surface area contributed by atoms with Crippen LogP contribution in [0.25, 0.3) is 0 Å². The quantitative estimate of drug-likeness (QED) is 0.664. The average molecular weight is 187 g/mol. The summed E-state index contributed by atoms with van der Waals surface area (Å²) in [5.41, 5.74) is 2.81. The molecule has 0 N–H and O–H groups in total. The standard InChI is InChI=1S/C12H13NO/c1-3-9-4-5-10-11(6-9)13-7-8(2)12(10)14/h4-8H,3H2,1-2H3. The molecule has 0 bridgehead atoms. The summed E-state index contributed by atoms with van der Waals surface area (Å²) < 4.78 is 0. The molecular weight excluding hydrogens is 174 g/mol. The zero-order chi connectivity index (χ0) is 10.1. The summed E-state index contributed by atoms with van der Waals surface area (Å²) in [4.78, 5) is 16.0. The van der Waals surface area contributed by atoms with E-state index >= 15 is 0 Å². The van der Waals surface area contributed by atoms with Gasteiger partial charge in [0.2, 0.25) is 0 Å². The van der Waals surface area contributed by atoms with Gasteiger partial charge in [-0.05, 0) is 24.1 Å². The monoisotopic (exact) mass is 187 g/mol. The summed E-state index contributed by atoms with van der Waals surface area (Å²) in [6.45, 7) is 3.97. The number of hydrogen-bond donors (Lipinski definition) is 0. The Morgan fingerprint density at radius 2 is 2.21 bits per heavy atom. The van der Waals surface area contributed by atoms with Crippen LogP contribution in [0, 0.1) is 5.92 Å². The van der Waals surface area contributed by atoms with Crippen molar-refractivity contribution in [1.29, 1.82) is 0 Å². The Morgan fingerprint density at radius 1 is 1.43 bits per heavy atom. The number of carbonyl (C=O) groups is 1. The maximum absolute atomic E-state index is 11.7. The molecule has 1 aliphatic heterocycles. The Hall–Kier alpha value is -1.44. The molecule has 0 aromatic heterocycles. The third kappa shape index (κ3) is 1.37. The van der Waals surface area contributed by atoms with Crippen LogP contribution in [0.2, 0.25) is 0 Å². The van der Waals surface area contributed by atoms with E-state index in [0.29, 0.717) is 0 Å². The molecule has 1 aliphatic rings. The lowest BCUT2D eigenvalue weighted by atomic mass is 9.95. The predicted octanol–water partition coefficient (Wildman–Crippen LogP) is 2.78. The molecule has 1 unspecified atom stereocenters. The molecule has 2 rings (SSSR count). The highest BCUT2D eigenvalue weighted by molar-refractivity contribution is 6.11. The number of carbonyl (C=O) groups excluding carboxylic acids is 1. The summed E-state index contributed by atoms with van der Waals surface area (Å²) in [6.07, 6.45) is 2.71. The minimum absolute atomic E-state index is 0.0741. The molecule has 14 heavy (non-hydrogen) atoms. The third-order valence-electron chi connectivity index (χ3n) is 2.59. The fourth-order valence-corrected chi connectivity index (χ4v) is 1.62. The van der Waals surface area contributed by atoms with Crippen molar-refractivity contribution < 1.29 is 4.79 Å². The lowest BCUT2D eigenvalue weighted by Crippen LogP contribution is -2.16. The van der Waals surface area contributed by atoms with Crippen LogP contribution in [-0.2, 0) is 6.42 Å². The van der Waals surface area contributed by atoms with Crippen molar-refractivity contribution in [1.82, 2.24) is 0 Å². The Morgan fingerprint density at radius 3 is 2.93 bits per heavy atom. The summed E-state index contributed by atoms with van der Waals surface area (Å²) >= 11 is 0. The first kappa shape index (κ1) is 9.13. The van der Waals surface area contributed by atoms with Crippen molar-refractivity contribution in [3.05, 3.63) is 29.3 Å². The van der Waals surface area contributed by atoms with E-state index < -0.39 is 0 Å². The van der Waals surface area contributed by atoms with Gasteiger partial charge in [-0.15, -0.1) is 0 Å². The number of benzene rings is 1. The van der Waals surface area contributed by atoms with Crippen LogP contribution in [0.5, 0.6) is 0 Å². The van der Waals surface area contributed by atoms with Crippen LogP contribution >= 0.6 is 0 Å². The van der Waals surface area contributed by atoms with Crippen molar-refractivity contribution in [2.75, 3.05) is 0 Å². The van der Waals surface area contributed by atoms with Gasteiger partial charge in [-0.25, -0.2) is 0 Å². The fraction of sp³-hybridized carbons (Fsp3) is 0.333. The van der Waals surface area contributed by atoms with Gasteiger partial charge in [-0.2, -0.15) is 0 Å². The molecule has 1 aromatic rings. The number of aliphatic imine (C=N–C) groups is 1. The highest BCUT2D eigenvalue weighted by Crippen LogP contribution is 2.27. The molecule has 1 aromatic carbocycles. The molecule has 1 heterocycles. The fourth-order valence-electron chi connectivity index (χ4n) is 1.62. The van der Waals surface area contributed by atoms with Crippen LogP contribution in [0.1, 0.15) is 29.8 Å². The highest BCUT2D eigenvalue weighted by Gasteiger charge is 2.20. The van der Waals surface area contributed by atoms with E-state index in [0.717, 1.165) is 17.7 Å². The molecule has 0 radical (unpaired) electrons. The number of fused-ring (bicyclic) bond motifs is 1. The van der Waals surface area contributed by atoms with Crippen molar-refractivity contribution in [2.24, 2.45) is 10.9 Å². The molecule has 0 aliphatic carbocycles. The zero-order valence-electron chi connectivity index (χ0n) is 8.45. The third-order valence-corrected chi connectivity index (χ3v) is 2.59. The van der Waals surface area contributed by atoms with Crippen molar-refractivity contribution in [2.45, 2.75) is 20.3 Å². The van der Waals surface area contributed by atoms with Crippen LogP contribution in [0.15, 0.2) is 23.2 Å². The van der Waals surface area contributed by atoms with Gasteiger partial charge in [0.25, 0.3) is 0 Å². The minimum atomic E-state index is -0.0741. The molecular formula is C12H13NO. The van der Waals surface area contributed by atoms with Crippen LogP contribution in [0.4, 0.5) is 5.69 Å². The summed E-state index contributed by atoms with van der Waals surface area (Å²) in [5.74, 6) is 0.104. The Labute approximate surface area is 83.7 Å². The summed E-state index contributed by atoms with van der Waals surface area (Å²) in [7, 11) is 0. The first-order chi connectivity index (χ1) is 6.72. The lowest BCUT2D eigenvalue weighted by molar-refractivity contribution is 0.0962. The van der Waals surface area contributed by atoms with Crippen molar-refractivity contribution in [3.8, 4) is 0 Å². The number of rotatable bonds is 1. The van der Waals surface area contributed by atoms with Gasteiger partial charge in [-0.3, -0.25) is 9.79 Å². The van der Waals surface area contributed by atoms with E-state index in [1.807, 2.05) is 25.1 Å². The van der Waals surface area contributed by atoms with E-state index in [4.69, 9.17) is 0 Å². The molecule has 2 heteroatoms. The van der Waals surface area contributed by atoms with Gasteiger partial charge in [-0.1, -0.05) is 19.9 Å². The highest BCUT2D eigenvalue weighted by atomic mass is 16.1. The Bertz CT molecular complexity index is 407. The van der Waals surface area contributed by atoms with Gasteiger partial charge in [0.05, 0.1) is 11.6 Å². The zero-order valence-corrected chi connectivity index (χ0v) is 8.45. The van der Waals surface area contributed by atoms with E-state index in [2.05, 4.69) is 11.9 Å². The number of hydrogen-bond acceptors (Lipinski definition) is 2. The normalized spacial score (nSPS) is 19.6. The number of nitrogens with zero attached hydrogens (tertiary/aromatic N) is 1. The maximum atomic E-state index is 11.7. The predicted molar refractivity (Wildman–Crippen MR) is 57.5 cm³/mol. The largest absolute Gasteiger partial charge is 0.293 e. The van der Waals surface area contributed by atoms with Crippen LogP contribution in [-0.4, -0.2) is 12.0 Å². The van der Waals surface area contributed by atoms with Crippen molar-refractivity contribution >= 4 is 17.7 Å². The molecule has 0 spiro atoms. The molecule has 0 amide bonds. The summed E-state index contributed by atoms with van der Waals surface area (Å²) in [6, 6.07) is 5.89. The molecule has 0 fully saturated rings. The minimum Gasteiger partial charge on any atom is -0.293 e. The van der Waals surface area contributed by atoms with Gasteiger partial charge in [0, 0.05) is 11.8 Å². The molecule has 0 saturated carbocycles. The second kappa shape index (κ2) is 3.37. The summed E-state index contributed by atoms with van der Waals surface area (Å²) in [5, 5.41) is 0. The van der Waals surface area contributed by atoms with Gasteiger partial charge < -0.3 is 0 Å². The average Bonchev–Trinajstić information content (AvgIpc) is 2.23. The SMILES string of the molecule is CCc1ccc2c(c1)N=CC(C)C2=O. The number of Topliss-reactive ketones (excluding diaryl/α,β-unsaturated/α-hetero) is 1. The van der Waals surface area contributed by atoms with Gasteiger partial charge in [0.15, 0.2) is 5.78 Å². The molecule has 2 nitrogen and oxygen atoms in total. The Kier molecular flexibility index (Phi) is 2.20. The molecule has 1 atom stereocenters. The number of aryl methyl sites for hydroxylation is 1. The van der Waals surface area contributed by atoms with Gasteiger partial charge >= 0.3 is 0 Å². The van der Waals surface area contributed by atoms with Crippen LogP contribution in [0.3, 0.4) is 0 Å². The van der Waals surface area contributed by atoms with E-state index in [1.165, 1.54) is 5.56 Å². The topological polar surface area (TPSA) is 29.4 Å². The van der Waals surface area contributed by atoms with E-state index in [9.17, 15) is 4.79 Å². The smallest absolute Gasteiger partial charge is 0.173 e. The second-order valence-electron chi connectivity index (χ2n) is 3.64. The maximum Gasteiger partial charge on any atom is 0.173 e. The number of ketones is 1. The van der Waals surface area contributed by atoms with E-state index in [1.54, 1.807) is 6.21 Å². The van der Waals surface area contributed by atoms with Crippen molar-refractivity contribution in [3.63, 3.8) is 0 Å². The van der Waals surface area contributed by atoms with Gasteiger partial charge in [0.1, 0.15) is 0 Å². The molecule has 0 saturated heterocycles. The second-order valence-corrected chi connectivity index (χ2v) is 3.64. The Balaban J connectivity index is 2.52. The first-order valence-electron chi connectivity index (χ1n) is 4.93. The first-order valence-corrected chi connectivity index (χ1v) is 4.93. The van der Waals surface area contributed by atoms with Crippen LogP contribution < -0.4 is 0 Å².